The van der Waals surface area contributed by atoms with Crippen molar-refractivity contribution in [1.82, 2.24) is 14.7 Å². The lowest BCUT2D eigenvalue weighted by molar-refractivity contribution is -0.0786. The summed E-state index contributed by atoms with van der Waals surface area (Å²) in [7, 11) is 9.44. The van der Waals surface area contributed by atoms with Crippen molar-refractivity contribution >= 4 is 22.6 Å². The first-order valence-corrected chi connectivity index (χ1v) is 3.32. The molecule has 12 heavy (non-hydrogen) atoms. The third-order valence-electron chi connectivity index (χ3n) is 1.32. The van der Waals surface area contributed by atoms with Crippen LogP contribution in [-0.2, 0) is 14.5 Å². The molecule has 0 atom stereocenters. The molecule has 0 aromatic rings. The van der Waals surface area contributed by atoms with Gasteiger partial charge < -0.3 is 14.5 Å². The minimum absolute atomic E-state index is 1.44. The Morgan fingerprint density at radius 3 is 1.08 bits per heavy atom. The molecular weight excluding hydrogens is 158 g/mol. The summed E-state index contributed by atoms with van der Waals surface area (Å²) < 4.78 is 0. The van der Waals surface area contributed by atoms with Crippen LogP contribution in [-0.4, -0.2) is 58.6 Å². The third-order valence-corrected chi connectivity index (χ3v) is 1.32. The molecule has 1 aliphatic rings. The normalized spacial score (nSPS) is 21.2. The molecule has 0 saturated carbocycles. The zero-order valence-electron chi connectivity index (χ0n) is 7.30. The Labute approximate surface area is 74.0 Å². The second-order valence-electron chi connectivity index (χ2n) is 1.97. The van der Waals surface area contributed by atoms with Crippen molar-refractivity contribution in [3.05, 3.63) is 0 Å². The molecule has 0 amide bonds. The zero-order chi connectivity index (χ0) is 8.97. The molecule has 0 spiro atoms. The molecule has 1 heterocycles. The first kappa shape index (κ1) is 10.0. The first-order valence-electron chi connectivity index (χ1n) is 3.32. The molecule has 0 aliphatic carbocycles. The second kappa shape index (κ2) is 4.85. The number of rotatable bonds is 3. The van der Waals surface area contributed by atoms with Gasteiger partial charge in [0.2, 0.25) is 0 Å². The van der Waals surface area contributed by atoms with E-state index in [1.807, 2.05) is 0 Å². The Hall–Kier alpha value is -0.0452. The van der Waals surface area contributed by atoms with E-state index in [0.717, 1.165) is 0 Å². The van der Waals surface area contributed by atoms with E-state index in [2.05, 4.69) is 0 Å². The van der Waals surface area contributed by atoms with Gasteiger partial charge in [-0.05, 0) is 0 Å². The molecule has 0 aromatic carbocycles. The lowest BCUT2D eigenvalue weighted by Gasteiger charge is -2.35. The Morgan fingerprint density at radius 1 is 0.667 bits per heavy atom. The lowest BCUT2D eigenvalue weighted by atomic mass is 9.82. The van der Waals surface area contributed by atoms with Crippen molar-refractivity contribution < 1.29 is 14.5 Å². The summed E-state index contributed by atoms with van der Waals surface area (Å²) in [6.45, 7) is 0. The Kier molecular flexibility index (Phi) is 4.06. The van der Waals surface area contributed by atoms with E-state index in [1.165, 1.54) is 14.7 Å². The molecule has 0 aromatic heterocycles. The summed E-state index contributed by atoms with van der Waals surface area (Å²) in [6, 6.07) is 0. The zero-order valence-corrected chi connectivity index (χ0v) is 7.30. The standard InChI is InChI=1S/C3H9B3N3O3/c1-10-7-4-8(11-2)6-9(5-7)12-3/h1-3H3. The fourth-order valence-corrected chi connectivity index (χ4v) is 0.709. The fourth-order valence-electron chi connectivity index (χ4n) is 0.709. The molecule has 6 nitrogen and oxygen atoms in total. The van der Waals surface area contributed by atoms with E-state index in [0.29, 0.717) is 0 Å². The van der Waals surface area contributed by atoms with Gasteiger partial charge in [0.25, 0.3) is 0 Å². The highest BCUT2D eigenvalue weighted by molar-refractivity contribution is 6.63. The van der Waals surface area contributed by atoms with Crippen LogP contribution in [0.5, 0.6) is 0 Å². The van der Waals surface area contributed by atoms with E-state index < -0.39 is 0 Å². The SMILES string of the molecule is CON1[B]N(OC)[B]N(OC)[B]1. The summed E-state index contributed by atoms with van der Waals surface area (Å²) in [5.74, 6) is 0. The van der Waals surface area contributed by atoms with Crippen LogP contribution in [0.3, 0.4) is 0 Å². The van der Waals surface area contributed by atoms with Gasteiger partial charge >= 0.3 is 22.6 Å². The average molecular weight is 168 g/mol. The van der Waals surface area contributed by atoms with Gasteiger partial charge in [0, 0.05) is 0 Å². The van der Waals surface area contributed by atoms with E-state index in [4.69, 9.17) is 14.5 Å². The van der Waals surface area contributed by atoms with Gasteiger partial charge in [0.15, 0.2) is 0 Å². The van der Waals surface area contributed by atoms with Crippen LogP contribution in [0, 0.1) is 0 Å². The molecule has 0 unspecified atom stereocenters. The van der Waals surface area contributed by atoms with Crippen molar-refractivity contribution in [3.8, 4) is 0 Å². The highest BCUT2D eigenvalue weighted by atomic mass is 16.7. The molecular formula is C3H9B3N3O3. The second-order valence-corrected chi connectivity index (χ2v) is 1.97. The van der Waals surface area contributed by atoms with Crippen LogP contribution in [0.25, 0.3) is 0 Å². The highest BCUT2D eigenvalue weighted by Crippen LogP contribution is 2.00. The van der Waals surface area contributed by atoms with Crippen molar-refractivity contribution in [2.45, 2.75) is 0 Å². The van der Waals surface area contributed by atoms with Gasteiger partial charge in [-0.1, -0.05) is 0 Å². The van der Waals surface area contributed by atoms with Crippen LogP contribution in [0.2, 0.25) is 0 Å². The van der Waals surface area contributed by atoms with Crippen molar-refractivity contribution in [2.24, 2.45) is 0 Å². The number of nitrogens with zero attached hydrogens (tertiary/aromatic N) is 3. The fraction of sp³-hybridized carbons (Fsp3) is 1.00. The monoisotopic (exact) mass is 168 g/mol. The molecule has 1 fully saturated rings. The van der Waals surface area contributed by atoms with E-state index in [-0.39, 0.29) is 0 Å². The minimum atomic E-state index is 1.44. The highest BCUT2D eigenvalue weighted by Gasteiger charge is 2.29. The van der Waals surface area contributed by atoms with E-state index in [1.54, 1.807) is 44.0 Å². The van der Waals surface area contributed by atoms with E-state index >= 15 is 0 Å². The quantitative estimate of drug-likeness (QED) is 0.462. The lowest BCUT2D eigenvalue weighted by Crippen LogP contribution is -2.60. The van der Waals surface area contributed by atoms with Gasteiger partial charge in [-0.3, -0.25) is 0 Å². The summed E-state index contributed by atoms with van der Waals surface area (Å²) in [4.78, 5) is 19.1. The summed E-state index contributed by atoms with van der Waals surface area (Å²) in [6.07, 6.45) is 0. The molecule has 0 N–H and O–H groups in total. The molecule has 3 radical (unpaired) electrons. The number of hydrogen-bond acceptors (Lipinski definition) is 6. The Balaban J connectivity index is 2.41. The largest absolute Gasteiger partial charge is 0.342 e. The average Bonchev–Trinajstić information content (AvgIpc) is 2.16. The van der Waals surface area contributed by atoms with Crippen LogP contribution in [0.4, 0.5) is 0 Å². The maximum absolute atomic E-state index is 4.91. The maximum Gasteiger partial charge on any atom is 0.342 e. The van der Waals surface area contributed by atoms with Gasteiger partial charge in [0.05, 0.1) is 21.3 Å². The first-order chi connectivity index (χ1) is 5.80. The predicted octanol–water partition coefficient (Wildman–Crippen LogP) is -1.81. The van der Waals surface area contributed by atoms with Gasteiger partial charge in [0.1, 0.15) is 0 Å². The molecule has 0 bridgehead atoms. The maximum atomic E-state index is 4.91. The van der Waals surface area contributed by atoms with E-state index in [9.17, 15) is 0 Å². The smallest absolute Gasteiger partial charge is 0.323 e. The van der Waals surface area contributed by atoms with Crippen molar-refractivity contribution in [2.75, 3.05) is 21.3 Å². The molecule has 63 valence electrons. The minimum Gasteiger partial charge on any atom is -0.323 e. The van der Waals surface area contributed by atoms with Crippen molar-refractivity contribution in [3.63, 3.8) is 0 Å². The Morgan fingerprint density at radius 2 is 0.917 bits per heavy atom. The molecule has 1 rings (SSSR count). The predicted molar refractivity (Wildman–Crippen MR) is 43.8 cm³/mol. The summed E-state index contributed by atoms with van der Waals surface area (Å²) in [5.41, 5.74) is 0. The van der Waals surface area contributed by atoms with Crippen LogP contribution in [0.1, 0.15) is 0 Å². The summed E-state index contributed by atoms with van der Waals surface area (Å²) >= 11 is 0. The molecule has 1 aliphatic heterocycles. The van der Waals surface area contributed by atoms with Crippen molar-refractivity contribution in [1.29, 1.82) is 0 Å². The Bertz CT molecular complexity index is 111. The van der Waals surface area contributed by atoms with Crippen LogP contribution in [0.15, 0.2) is 0 Å². The van der Waals surface area contributed by atoms with Gasteiger partial charge in [-0.2, -0.15) is 0 Å². The molecule has 1 saturated heterocycles. The number of hydrogen-bond donors (Lipinski definition) is 0. The molecule has 9 heteroatoms. The summed E-state index contributed by atoms with van der Waals surface area (Å²) in [5, 5.41) is 0. The topological polar surface area (TPSA) is 37.4 Å². The van der Waals surface area contributed by atoms with Crippen LogP contribution < -0.4 is 0 Å². The van der Waals surface area contributed by atoms with Gasteiger partial charge in [-0.15, -0.1) is 0 Å². The third kappa shape index (κ3) is 2.48. The van der Waals surface area contributed by atoms with Gasteiger partial charge in [-0.25, -0.2) is 14.7 Å². The van der Waals surface area contributed by atoms with Crippen LogP contribution >= 0.6 is 0 Å².